The van der Waals surface area contributed by atoms with Crippen molar-refractivity contribution in [3.63, 3.8) is 0 Å². The molecular weight excluding hydrogens is 226 g/mol. The third kappa shape index (κ3) is 2.78. The summed E-state index contributed by atoms with van der Waals surface area (Å²) in [6, 6.07) is 9.63. The number of aryl methyl sites for hydroxylation is 2. The fourth-order valence-corrected chi connectivity index (χ4v) is 2.14. The van der Waals surface area contributed by atoms with E-state index in [9.17, 15) is 5.11 Å². The van der Waals surface area contributed by atoms with E-state index < -0.39 is 6.10 Å². The standard InChI is InChI=1S/C14H19N3O/c1-10-12(9-17(2)16-10)14(18)13(15)8-11-6-4-3-5-7-11/h3-7,9,13-14,18H,8,15H2,1-2H3. The van der Waals surface area contributed by atoms with Crippen LogP contribution in [0.5, 0.6) is 0 Å². The summed E-state index contributed by atoms with van der Waals surface area (Å²) in [6.07, 6.45) is 1.79. The monoisotopic (exact) mass is 245 g/mol. The fourth-order valence-electron chi connectivity index (χ4n) is 2.14. The molecule has 1 heterocycles. The number of aliphatic hydroxyl groups excluding tert-OH is 1. The Labute approximate surface area is 107 Å². The predicted octanol–water partition coefficient (Wildman–Crippen LogP) is 1.33. The molecule has 0 amide bonds. The number of nitrogens with two attached hydrogens (primary N) is 1. The molecule has 96 valence electrons. The molecule has 3 N–H and O–H groups in total. The Morgan fingerprint density at radius 2 is 2.00 bits per heavy atom. The average molecular weight is 245 g/mol. The molecule has 0 fully saturated rings. The molecule has 0 bridgehead atoms. The maximum absolute atomic E-state index is 10.3. The lowest BCUT2D eigenvalue weighted by Gasteiger charge is -2.18. The van der Waals surface area contributed by atoms with Crippen molar-refractivity contribution in [2.24, 2.45) is 12.8 Å². The molecule has 1 aromatic carbocycles. The van der Waals surface area contributed by atoms with Crippen molar-refractivity contribution in [1.82, 2.24) is 9.78 Å². The van der Waals surface area contributed by atoms with Crippen LogP contribution in [-0.2, 0) is 13.5 Å². The Hall–Kier alpha value is -1.65. The minimum Gasteiger partial charge on any atom is -0.387 e. The van der Waals surface area contributed by atoms with Crippen molar-refractivity contribution in [2.45, 2.75) is 25.5 Å². The van der Waals surface area contributed by atoms with Crippen LogP contribution in [0.25, 0.3) is 0 Å². The van der Waals surface area contributed by atoms with Crippen molar-refractivity contribution >= 4 is 0 Å². The molecule has 0 saturated carbocycles. The topological polar surface area (TPSA) is 64.1 Å². The van der Waals surface area contributed by atoms with E-state index in [0.717, 1.165) is 16.8 Å². The highest BCUT2D eigenvalue weighted by molar-refractivity contribution is 5.22. The van der Waals surface area contributed by atoms with Gasteiger partial charge < -0.3 is 10.8 Å². The van der Waals surface area contributed by atoms with Crippen LogP contribution in [0.1, 0.15) is 22.9 Å². The van der Waals surface area contributed by atoms with E-state index in [0.29, 0.717) is 6.42 Å². The van der Waals surface area contributed by atoms with Crippen molar-refractivity contribution in [3.8, 4) is 0 Å². The Morgan fingerprint density at radius 1 is 1.33 bits per heavy atom. The third-order valence-corrected chi connectivity index (χ3v) is 3.09. The fraction of sp³-hybridized carbons (Fsp3) is 0.357. The zero-order chi connectivity index (χ0) is 13.1. The maximum Gasteiger partial charge on any atom is 0.0977 e. The van der Waals surface area contributed by atoms with Crippen molar-refractivity contribution in [2.75, 3.05) is 0 Å². The van der Waals surface area contributed by atoms with Crippen molar-refractivity contribution in [3.05, 3.63) is 53.3 Å². The van der Waals surface area contributed by atoms with Crippen LogP contribution in [0, 0.1) is 6.92 Å². The lowest BCUT2D eigenvalue weighted by Crippen LogP contribution is -2.30. The second-order valence-electron chi connectivity index (χ2n) is 4.64. The van der Waals surface area contributed by atoms with Crippen LogP contribution in [0.3, 0.4) is 0 Å². The van der Waals surface area contributed by atoms with Gasteiger partial charge in [0.15, 0.2) is 0 Å². The second kappa shape index (κ2) is 5.33. The van der Waals surface area contributed by atoms with Crippen LogP contribution in [0.4, 0.5) is 0 Å². The Morgan fingerprint density at radius 3 is 2.56 bits per heavy atom. The van der Waals surface area contributed by atoms with Gasteiger partial charge in [0.05, 0.1) is 11.8 Å². The summed E-state index contributed by atoms with van der Waals surface area (Å²) < 4.78 is 1.70. The molecule has 2 unspecified atom stereocenters. The van der Waals surface area contributed by atoms with E-state index >= 15 is 0 Å². The zero-order valence-corrected chi connectivity index (χ0v) is 10.7. The highest BCUT2D eigenvalue weighted by Gasteiger charge is 2.20. The van der Waals surface area contributed by atoms with Crippen LogP contribution in [0.2, 0.25) is 0 Å². The largest absolute Gasteiger partial charge is 0.387 e. The van der Waals surface area contributed by atoms with Crippen LogP contribution in [0.15, 0.2) is 36.5 Å². The van der Waals surface area contributed by atoms with Gasteiger partial charge in [0.1, 0.15) is 0 Å². The van der Waals surface area contributed by atoms with Gasteiger partial charge in [-0.15, -0.1) is 0 Å². The van der Waals surface area contributed by atoms with Gasteiger partial charge in [-0.2, -0.15) is 5.10 Å². The first-order chi connectivity index (χ1) is 8.58. The first kappa shape index (κ1) is 12.8. The lowest BCUT2D eigenvalue weighted by molar-refractivity contribution is 0.145. The number of rotatable bonds is 4. The Bertz CT molecular complexity index is 507. The molecule has 1 aromatic heterocycles. The van der Waals surface area contributed by atoms with Gasteiger partial charge in [-0.25, -0.2) is 0 Å². The molecule has 0 spiro atoms. The zero-order valence-electron chi connectivity index (χ0n) is 10.7. The number of aliphatic hydroxyl groups is 1. The van der Waals surface area contributed by atoms with Crippen molar-refractivity contribution in [1.29, 1.82) is 0 Å². The van der Waals surface area contributed by atoms with Gasteiger partial charge in [0.25, 0.3) is 0 Å². The van der Waals surface area contributed by atoms with Gasteiger partial charge >= 0.3 is 0 Å². The molecule has 0 aliphatic heterocycles. The summed E-state index contributed by atoms with van der Waals surface area (Å²) in [6.45, 7) is 1.88. The molecule has 0 radical (unpaired) electrons. The average Bonchev–Trinajstić information content (AvgIpc) is 2.68. The van der Waals surface area contributed by atoms with E-state index in [1.165, 1.54) is 0 Å². The predicted molar refractivity (Wildman–Crippen MR) is 71.0 cm³/mol. The van der Waals surface area contributed by atoms with Gasteiger partial charge in [-0.3, -0.25) is 4.68 Å². The summed E-state index contributed by atoms with van der Waals surface area (Å²) in [5.41, 5.74) is 8.84. The maximum atomic E-state index is 10.3. The Kier molecular flexibility index (Phi) is 3.79. The molecular formula is C14H19N3O. The van der Waals surface area contributed by atoms with Gasteiger partial charge in [-0.05, 0) is 18.9 Å². The minimum absolute atomic E-state index is 0.324. The molecule has 0 saturated heterocycles. The molecule has 0 aliphatic carbocycles. The van der Waals surface area contributed by atoms with Crippen molar-refractivity contribution < 1.29 is 5.11 Å². The van der Waals surface area contributed by atoms with Gasteiger partial charge in [0.2, 0.25) is 0 Å². The van der Waals surface area contributed by atoms with E-state index in [1.807, 2.05) is 50.5 Å². The number of aromatic nitrogens is 2. The first-order valence-corrected chi connectivity index (χ1v) is 6.05. The summed E-state index contributed by atoms with van der Waals surface area (Å²) in [7, 11) is 1.84. The summed E-state index contributed by atoms with van der Waals surface area (Å²) >= 11 is 0. The normalized spacial score (nSPS) is 14.4. The summed E-state index contributed by atoms with van der Waals surface area (Å²) in [5, 5.41) is 14.5. The number of nitrogens with zero attached hydrogens (tertiary/aromatic N) is 2. The Balaban J connectivity index is 2.09. The van der Waals surface area contributed by atoms with Crippen LogP contribution >= 0.6 is 0 Å². The molecule has 18 heavy (non-hydrogen) atoms. The van der Waals surface area contributed by atoms with Gasteiger partial charge in [0, 0.05) is 24.8 Å². The minimum atomic E-state index is -0.682. The van der Waals surface area contributed by atoms with Crippen LogP contribution < -0.4 is 5.73 Å². The first-order valence-electron chi connectivity index (χ1n) is 6.05. The van der Waals surface area contributed by atoms with E-state index in [1.54, 1.807) is 4.68 Å². The van der Waals surface area contributed by atoms with E-state index in [4.69, 9.17) is 5.73 Å². The molecule has 2 rings (SSSR count). The second-order valence-corrected chi connectivity index (χ2v) is 4.64. The molecule has 2 aromatic rings. The highest BCUT2D eigenvalue weighted by atomic mass is 16.3. The number of benzene rings is 1. The number of hydrogen-bond acceptors (Lipinski definition) is 3. The van der Waals surface area contributed by atoms with Crippen LogP contribution in [-0.4, -0.2) is 20.9 Å². The van der Waals surface area contributed by atoms with Gasteiger partial charge in [-0.1, -0.05) is 30.3 Å². The quantitative estimate of drug-likeness (QED) is 0.854. The molecule has 4 heteroatoms. The molecule has 4 nitrogen and oxygen atoms in total. The summed E-state index contributed by atoms with van der Waals surface area (Å²) in [5.74, 6) is 0. The number of hydrogen-bond donors (Lipinski definition) is 2. The SMILES string of the molecule is Cc1nn(C)cc1C(O)C(N)Cc1ccccc1. The molecule has 2 atom stereocenters. The summed E-state index contributed by atoms with van der Waals surface area (Å²) in [4.78, 5) is 0. The molecule has 0 aliphatic rings. The lowest BCUT2D eigenvalue weighted by atomic mass is 9.97. The third-order valence-electron chi connectivity index (χ3n) is 3.09. The van der Waals surface area contributed by atoms with E-state index in [-0.39, 0.29) is 6.04 Å². The smallest absolute Gasteiger partial charge is 0.0977 e. The highest BCUT2D eigenvalue weighted by Crippen LogP contribution is 2.20. The van der Waals surface area contributed by atoms with E-state index in [2.05, 4.69) is 5.10 Å².